The van der Waals surface area contributed by atoms with Crippen molar-refractivity contribution < 1.29 is 17.9 Å². The molecule has 0 saturated carbocycles. The minimum absolute atomic E-state index is 0.133. The van der Waals surface area contributed by atoms with E-state index < -0.39 is 11.7 Å². The SMILES string of the molecule is C=CCn1c(SCc2ccccc2C(F)(F)F)nnc1-c1ccc(OC)cc1. The Labute approximate surface area is 165 Å². The molecule has 3 rings (SSSR count). The molecule has 0 N–H and O–H groups in total. The summed E-state index contributed by atoms with van der Waals surface area (Å²) >= 11 is 1.21. The summed E-state index contributed by atoms with van der Waals surface area (Å²) in [4.78, 5) is 0. The van der Waals surface area contributed by atoms with Crippen LogP contribution in [-0.4, -0.2) is 21.9 Å². The highest BCUT2D eigenvalue weighted by molar-refractivity contribution is 7.98. The summed E-state index contributed by atoms with van der Waals surface area (Å²) in [5, 5.41) is 8.93. The first kappa shape index (κ1) is 20.0. The Balaban J connectivity index is 1.87. The van der Waals surface area contributed by atoms with Gasteiger partial charge >= 0.3 is 6.18 Å². The second-order valence-corrected chi connectivity index (χ2v) is 6.82. The van der Waals surface area contributed by atoms with Crippen molar-refractivity contribution >= 4 is 11.8 Å². The van der Waals surface area contributed by atoms with E-state index in [4.69, 9.17) is 4.74 Å². The van der Waals surface area contributed by atoms with Crippen LogP contribution >= 0.6 is 11.8 Å². The molecule has 0 radical (unpaired) electrons. The number of methoxy groups -OCH3 is 1. The number of rotatable bonds is 7. The fraction of sp³-hybridized carbons (Fsp3) is 0.200. The van der Waals surface area contributed by atoms with E-state index in [1.807, 2.05) is 28.8 Å². The lowest BCUT2D eigenvalue weighted by molar-refractivity contribution is -0.138. The normalized spacial score (nSPS) is 11.4. The molecule has 0 atom stereocenters. The van der Waals surface area contributed by atoms with Crippen LogP contribution in [0.5, 0.6) is 5.75 Å². The maximum absolute atomic E-state index is 13.2. The van der Waals surface area contributed by atoms with Crippen molar-refractivity contribution in [3.63, 3.8) is 0 Å². The maximum atomic E-state index is 13.2. The second-order valence-electron chi connectivity index (χ2n) is 5.88. The molecular formula is C20H18F3N3OS. The molecular weight excluding hydrogens is 387 g/mol. The van der Waals surface area contributed by atoms with E-state index in [2.05, 4.69) is 16.8 Å². The summed E-state index contributed by atoms with van der Waals surface area (Å²) in [6.45, 7) is 4.19. The second kappa shape index (κ2) is 8.52. The van der Waals surface area contributed by atoms with E-state index in [0.717, 1.165) is 17.4 Å². The first-order valence-corrected chi connectivity index (χ1v) is 9.39. The molecule has 0 saturated heterocycles. The number of alkyl halides is 3. The van der Waals surface area contributed by atoms with E-state index in [1.165, 1.54) is 23.9 Å². The lowest BCUT2D eigenvalue weighted by Crippen LogP contribution is -2.08. The molecule has 0 aliphatic carbocycles. The highest BCUT2D eigenvalue weighted by Gasteiger charge is 2.32. The van der Waals surface area contributed by atoms with E-state index in [1.54, 1.807) is 19.3 Å². The Bertz CT molecular complexity index is 952. The molecule has 0 amide bonds. The summed E-state index contributed by atoms with van der Waals surface area (Å²) in [6, 6.07) is 12.9. The third-order valence-corrected chi connectivity index (χ3v) is 5.07. The average Bonchev–Trinajstić information content (AvgIpc) is 3.09. The van der Waals surface area contributed by atoms with Gasteiger partial charge in [-0.1, -0.05) is 36.0 Å². The number of hydrogen-bond donors (Lipinski definition) is 0. The van der Waals surface area contributed by atoms with Gasteiger partial charge in [0.25, 0.3) is 0 Å². The van der Waals surface area contributed by atoms with Gasteiger partial charge in [0, 0.05) is 17.9 Å². The van der Waals surface area contributed by atoms with Crippen LogP contribution in [0.1, 0.15) is 11.1 Å². The van der Waals surface area contributed by atoms with Gasteiger partial charge in [-0.3, -0.25) is 4.57 Å². The van der Waals surface area contributed by atoms with E-state index in [-0.39, 0.29) is 11.3 Å². The van der Waals surface area contributed by atoms with Gasteiger partial charge in [0.1, 0.15) is 5.75 Å². The zero-order valence-corrected chi connectivity index (χ0v) is 15.9. The van der Waals surface area contributed by atoms with Gasteiger partial charge in [0.2, 0.25) is 0 Å². The lowest BCUT2D eigenvalue weighted by atomic mass is 10.1. The molecule has 4 nitrogen and oxygen atoms in total. The molecule has 1 aromatic heterocycles. The van der Waals surface area contributed by atoms with E-state index in [0.29, 0.717) is 17.5 Å². The van der Waals surface area contributed by atoms with E-state index >= 15 is 0 Å². The van der Waals surface area contributed by atoms with Crippen molar-refractivity contribution in [2.75, 3.05) is 7.11 Å². The molecule has 8 heteroatoms. The van der Waals surface area contributed by atoms with Crippen molar-refractivity contribution in [2.45, 2.75) is 23.6 Å². The first-order chi connectivity index (χ1) is 13.4. The highest BCUT2D eigenvalue weighted by atomic mass is 32.2. The summed E-state index contributed by atoms with van der Waals surface area (Å²) in [7, 11) is 1.59. The Hall–Kier alpha value is -2.74. The standard InChI is InChI=1S/C20H18F3N3OS/c1-3-12-26-18(14-8-10-16(27-2)11-9-14)24-25-19(26)28-13-15-6-4-5-7-17(15)20(21,22)23/h3-11H,1,12-13H2,2H3. The van der Waals surface area contributed by atoms with Gasteiger partial charge in [-0.2, -0.15) is 13.2 Å². The number of aromatic nitrogens is 3. The molecule has 0 aliphatic rings. The molecule has 146 valence electrons. The monoisotopic (exact) mass is 405 g/mol. The molecule has 0 aliphatic heterocycles. The maximum Gasteiger partial charge on any atom is 0.416 e. The fourth-order valence-corrected chi connectivity index (χ4v) is 3.66. The van der Waals surface area contributed by atoms with Crippen LogP contribution < -0.4 is 4.74 Å². The number of thioether (sulfide) groups is 1. The van der Waals surface area contributed by atoms with Crippen LogP contribution in [0.25, 0.3) is 11.4 Å². The Morgan fingerprint density at radius 3 is 2.46 bits per heavy atom. The summed E-state index contributed by atoms with van der Waals surface area (Å²) in [5.74, 6) is 1.47. The Morgan fingerprint density at radius 2 is 1.82 bits per heavy atom. The molecule has 0 bridgehead atoms. The zero-order valence-electron chi connectivity index (χ0n) is 15.1. The van der Waals surface area contributed by atoms with Gasteiger partial charge in [-0.15, -0.1) is 16.8 Å². The highest BCUT2D eigenvalue weighted by Crippen LogP contribution is 2.35. The fourth-order valence-electron chi connectivity index (χ4n) is 2.71. The van der Waals surface area contributed by atoms with Crippen LogP contribution in [0.2, 0.25) is 0 Å². The first-order valence-electron chi connectivity index (χ1n) is 8.40. The van der Waals surface area contributed by atoms with Crippen molar-refractivity contribution in [1.29, 1.82) is 0 Å². The number of benzene rings is 2. The van der Waals surface area contributed by atoms with Gasteiger partial charge < -0.3 is 4.74 Å². The molecule has 28 heavy (non-hydrogen) atoms. The number of ether oxygens (including phenoxy) is 1. The topological polar surface area (TPSA) is 39.9 Å². The number of nitrogens with zero attached hydrogens (tertiary/aromatic N) is 3. The summed E-state index contributed by atoms with van der Waals surface area (Å²) in [6.07, 6.45) is -2.69. The third-order valence-electron chi connectivity index (χ3n) is 4.06. The van der Waals surface area contributed by atoms with Crippen molar-refractivity contribution in [3.8, 4) is 17.1 Å². The van der Waals surface area contributed by atoms with Crippen LogP contribution in [0.15, 0.2) is 66.3 Å². The minimum Gasteiger partial charge on any atom is -0.497 e. The van der Waals surface area contributed by atoms with Crippen molar-refractivity contribution in [2.24, 2.45) is 0 Å². The number of allylic oxidation sites excluding steroid dienone is 1. The van der Waals surface area contributed by atoms with Gasteiger partial charge in [0.05, 0.1) is 12.7 Å². The lowest BCUT2D eigenvalue weighted by Gasteiger charge is -2.12. The molecule has 3 aromatic rings. The molecule has 2 aromatic carbocycles. The average molecular weight is 405 g/mol. The smallest absolute Gasteiger partial charge is 0.416 e. The van der Waals surface area contributed by atoms with Gasteiger partial charge in [0.15, 0.2) is 11.0 Å². The largest absolute Gasteiger partial charge is 0.497 e. The Morgan fingerprint density at radius 1 is 1.11 bits per heavy atom. The predicted molar refractivity (Wildman–Crippen MR) is 103 cm³/mol. The predicted octanol–water partition coefficient (Wildman–Crippen LogP) is 5.45. The number of hydrogen-bond acceptors (Lipinski definition) is 4. The molecule has 0 spiro atoms. The zero-order chi connectivity index (χ0) is 20.1. The van der Waals surface area contributed by atoms with Crippen molar-refractivity contribution in [1.82, 2.24) is 14.8 Å². The molecule has 0 unspecified atom stereocenters. The number of halogens is 3. The van der Waals surface area contributed by atoms with E-state index in [9.17, 15) is 13.2 Å². The van der Waals surface area contributed by atoms with Crippen LogP contribution in [-0.2, 0) is 18.5 Å². The molecule has 1 heterocycles. The third kappa shape index (κ3) is 4.39. The Kier molecular flexibility index (Phi) is 6.08. The summed E-state index contributed by atoms with van der Waals surface area (Å²) < 4.78 is 46.6. The van der Waals surface area contributed by atoms with Crippen molar-refractivity contribution in [3.05, 3.63) is 72.3 Å². The minimum atomic E-state index is -4.39. The quantitative estimate of drug-likeness (QED) is 0.387. The van der Waals surface area contributed by atoms with Gasteiger partial charge in [-0.25, -0.2) is 0 Å². The summed E-state index contributed by atoms with van der Waals surface area (Å²) in [5.41, 5.74) is 0.407. The van der Waals surface area contributed by atoms with Gasteiger partial charge in [-0.05, 0) is 35.9 Å². The van der Waals surface area contributed by atoms with Crippen LogP contribution in [0, 0.1) is 0 Å². The van der Waals surface area contributed by atoms with Crippen LogP contribution in [0.4, 0.5) is 13.2 Å². The van der Waals surface area contributed by atoms with Crippen LogP contribution in [0.3, 0.4) is 0 Å². The molecule has 0 fully saturated rings.